The fourth-order valence-electron chi connectivity index (χ4n) is 2.87. The van der Waals surface area contributed by atoms with Gasteiger partial charge in [-0.3, -0.25) is 4.79 Å². The molecule has 1 fully saturated rings. The van der Waals surface area contributed by atoms with Crippen molar-refractivity contribution in [2.75, 3.05) is 30.4 Å². The highest BCUT2D eigenvalue weighted by Gasteiger charge is 2.17. The zero-order chi connectivity index (χ0) is 17.1. The molecule has 2 aromatic rings. The van der Waals surface area contributed by atoms with Gasteiger partial charge in [-0.2, -0.15) is 0 Å². The van der Waals surface area contributed by atoms with Crippen molar-refractivity contribution in [3.05, 3.63) is 52.0 Å². The molecule has 1 amide bonds. The number of nitrogens with zero attached hydrogens (tertiary/aromatic N) is 1. The number of carbonyl (C=O) groups excluding carboxylic acids is 1. The Hall–Kier alpha value is -1.91. The molecule has 3 rings (SSSR count). The van der Waals surface area contributed by atoms with Crippen LogP contribution in [0.4, 0.5) is 11.4 Å². The van der Waals surface area contributed by atoms with E-state index in [2.05, 4.69) is 10.2 Å². The van der Waals surface area contributed by atoms with E-state index in [0.717, 1.165) is 13.1 Å². The van der Waals surface area contributed by atoms with Crippen LogP contribution in [0.3, 0.4) is 0 Å². The summed E-state index contributed by atoms with van der Waals surface area (Å²) in [4.78, 5) is 14.9. The zero-order valence-corrected chi connectivity index (χ0v) is 14.8. The molecule has 1 aliphatic heterocycles. The predicted molar refractivity (Wildman–Crippen MR) is 98.9 cm³/mol. The van der Waals surface area contributed by atoms with E-state index in [9.17, 15) is 4.79 Å². The lowest BCUT2D eigenvalue weighted by molar-refractivity contribution is 0.102. The molecular weight excluding hydrogens is 347 g/mol. The number of halogens is 2. The van der Waals surface area contributed by atoms with Crippen molar-refractivity contribution in [3.63, 3.8) is 0 Å². The van der Waals surface area contributed by atoms with Gasteiger partial charge in [-0.1, -0.05) is 23.2 Å². The van der Waals surface area contributed by atoms with E-state index in [-0.39, 0.29) is 5.91 Å². The second-order valence-corrected chi connectivity index (χ2v) is 6.51. The highest BCUT2D eigenvalue weighted by molar-refractivity contribution is 6.36. The molecule has 0 saturated carbocycles. The molecule has 126 valence electrons. The molecule has 24 heavy (non-hydrogen) atoms. The molecule has 0 spiro atoms. The number of rotatable bonds is 4. The molecule has 1 aliphatic rings. The van der Waals surface area contributed by atoms with Crippen molar-refractivity contribution >= 4 is 40.5 Å². The fourth-order valence-corrected chi connectivity index (χ4v) is 3.44. The van der Waals surface area contributed by atoms with Gasteiger partial charge in [0.25, 0.3) is 5.91 Å². The van der Waals surface area contributed by atoms with Crippen LogP contribution in [-0.4, -0.2) is 26.1 Å². The monoisotopic (exact) mass is 364 g/mol. The van der Waals surface area contributed by atoms with Crippen molar-refractivity contribution in [3.8, 4) is 5.75 Å². The van der Waals surface area contributed by atoms with Crippen molar-refractivity contribution < 1.29 is 9.53 Å². The smallest absolute Gasteiger partial charge is 0.259 e. The number of methoxy groups -OCH3 is 1. The first-order chi connectivity index (χ1) is 11.6. The van der Waals surface area contributed by atoms with Crippen molar-refractivity contribution in [2.45, 2.75) is 12.8 Å². The molecule has 0 atom stereocenters. The molecule has 0 radical (unpaired) electrons. The van der Waals surface area contributed by atoms with E-state index in [1.807, 2.05) is 24.3 Å². The highest BCUT2D eigenvalue weighted by atomic mass is 35.5. The summed E-state index contributed by atoms with van der Waals surface area (Å²) in [6.07, 6.45) is 2.46. The van der Waals surface area contributed by atoms with E-state index in [0.29, 0.717) is 27.0 Å². The molecule has 0 bridgehead atoms. The maximum absolute atomic E-state index is 12.5. The van der Waals surface area contributed by atoms with Gasteiger partial charge >= 0.3 is 0 Å². The van der Waals surface area contributed by atoms with Crippen LogP contribution in [0.5, 0.6) is 5.75 Å². The number of ether oxygens (including phenoxy) is 1. The highest BCUT2D eigenvalue weighted by Crippen LogP contribution is 2.32. The van der Waals surface area contributed by atoms with Crippen LogP contribution in [0, 0.1) is 0 Å². The molecular formula is C18H18Cl2N2O2. The molecule has 1 saturated heterocycles. The summed E-state index contributed by atoms with van der Waals surface area (Å²) in [5.74, 6) is -0.00238. The lowest BCUT2D eigenvalue weighted by Gasteiger charge is -2.18. The van der Waals surface area contributed by atoms with Crippen LogP contribution in [0.15, 0.2) is 36.4 Å². The molecule has 0 aliphatic carbocycles. The van der Waals surface area contributed by atoms with Gasteiger partial charge in [-0.05, 0) is 49.2 Å². The number of hydrogen-bond acceptors (Lipinski definition) is 3. The fraction of sp³-hybridized carbons (Fsp3) is 0.278. The second-order valence-electron chi connectivity index (χ2n) is 5.66. The molecule has 1 heterocycles. The molecule has 1 N–H and O–H groups in total. The van der Waals surface area contributed by atoms with Crippen LogP contribution < -0.4 is 15.0 Å². The standard InChI is InChI=1S/C18H18Cl2N2O2/c1-24-17-15(10-12(19)11-16(17)20)18(23)21-13-4-6-14(7-5-13)22-8-2-3-9-22/h4-7,10-11H,2-3,8-9H2,1H3,(H,21,23). The molecule has 0 aromatic heterocycles. The largest absolute Gasteiger partial charge is 0.494 e. The quantitative estimate of drug-likeness (QED) is 0.842. The molecule has 0 unspecified atom stereocenters. The van der Waals surface area contributed by atoms with Crippen LogP contribution in [0.2, 0.25) is 10.0 Å². The maximum Gasteiger partial charge on any atom is 0.259 e. The number of amides is 1. The Morgan fingerprint density at radius 2 is 1.79 bits per heavy atom. The SMILES string of the molecule is COc1c(Cl)cc(Cl)cc1C(=O)Nc1ccc(N2CCCC2)cc1. The van der Waals surface area contributed by atoms with Gasteiger partial charge < -0.3 is 15.0 Å². The first kappa shape index (κ1) is 16.9. The predicted octanol–water partition coefficient (Wildman–Crippen LogP) is 4.85. The summed E-state index contributed by atoms with van der Waals surface area (Å²) in [7, 11) is 1.47. The van der Waals surface area contributed by atoms with E-state index in [1.165, 1.54) is 25.6 Å². The Morgan fingerprint density at radius 3 is 2.42 bits per heavy atom. The van der Waals surface area contributed by atoms with Gasteiger partial charge in [0.15, 0.2) is 0 Å². The minimum absolute atomic E-state index is 0.304. The number of benzene rings is 2. The summed E-state index contributed by atoms with van der Waals surface area (Å²) in [5.41, 5.74) is 2.19. The Morgan fingerprint density at radius 1 is 1.12 bits per heavy atom. The summed E-state index contributed by atoms with van der Waals surface area (Å²) in [6.45, 7) is 2.17. The number of hydrogen-bond donors (Lipinski definition) is 1. The Kier molecular flexibility index (Phi) is 5.17. The van der Waals surface area contributed by atoms with Crippen LogP contribution >= 0.6 is 23.2 Å². The van der Waals surface area contributed by atoms with Crippen molar-refractivity contribution in [1.82, 2.24) is 0 Å². The van der Waals surface area contributed by atoms with Gasteiger partial charge in [-0.15, -0.1) is 0 Å². The lowest BCUT2D eigenvalue weighted by atomic mass is 10.1. The average molecular weight is 365 g/mol. The zero-order valence-electron chi connectivity index (χ0n) is 13.3. The van der Waals surface area contributed by atoms with Crippen LogP contribution in [-0.2, 0) is 0 Å². The van der Waals surface area contributed by atoms with Gasteiger partial charge in [-0.25, -0.2) is 0 Å². The molecule has 6 heteroatoms. The van der Waals surface area contributed by atoms with E-state index < -0.39 is 0 Å². The topological polar surface area (TPSA) is 41.6 Å². The summed E-state index contributed by atoms with van der Waals surface area (Å²) < 4.78 is 5.22. The summed E-state index contributed by atoms with van der Waals surface area (Å²) >= 11 is 12.1. The van der Waals surface area contributed by atoms with Gasteiger partial charge in [0.1, 0.15) is 5.75 Å². The first-order valence-corrected chi connectivity index (χ1v) is 8.53. The summed E-state index contributed by atoms with van der Waals surface area (Å²) in [6, 6.07) is 10.9. The van der Waals surface area contributed by atoms with Crippen molar-refractivity contribution in [2.24, 2.45) is 0 Å². The number of anilines is 2. The van der Waals surface area contributed by atoms with Crippen molar-refractivity contribution in [1.29, 1.82) is 0 Å². The lowest BCUT2D eigenvalue weighted by Crippen LogP contribution is -2.17. The maximum atomic E-state index is 12.5. The number of carbonyl (C=O) groups is 1. The number of nitrogens with one attached hydrogen (secondary N) is 1. The minimum atomic E-state index is -0.315. The van der Waals surface area contributed by atoms with E-state index in [1.54, 1.807) is 12.1 Å². The third kappa shape index (κ3) is 3.60. The van der Waals surface area contributed by atoms with E-state index in [4.69, 9.17) is 27.9 Å². The van der Waals surface area contributed by atoms with Crippen LogP contribution in [0.1, 0.15) is 23.2 Å². The second kappa shape index (κ2) is 7.32. The third-order valence-corrected chi connectivity index (χ3v) is 4.55. The molecule has 2 aromatic carbocycles. The van der Waals surface area contributed by atoms with Gasteiger partial charge in [0, 0.05) is 29.5 Å². The summed E-state index contributed by atoms with van der Waals surface area (Å²) in [5, 5.41) is 3.54. The van der Waals surface area contributed by atoms with Gasteiger partial charge in [0.2, 0.25) is 0 Å². The Bertz CT molecular complexity index is 741. The van der Waals surface area contributed by atoms with E-state index >= 15 is 0 Å². The minimum Gasteiger partial charge on any atom is -0.494 e. The first-order valence-electron chi connectivity index (χ1n) is 7.78. The van der Waals surface area contributed by atoms with Gasteiger partial charge in [0.05, 0.1) is 17.7 Å². The third-order valence-electron chi connectivity index (χ3n) is 4.05. The Balaban J connectivity index is 1.77. The average Bonchev–Trinajstić information content (AvgIpc) is 3.09. The normalized spacial score (nSPS) is 13.9. The van der Waals surface area contributed by atoms with Crippen LogP contribution in [0.25, 0.3) is 0 Å². The molecule has 4 nitrogen and oxygen atoms in total. The Labute approximate surface area is 151 Å².